The van der Waals surface area contributed by atoms with Crippen LogP contribution in [0.15, 0.2) is 30.5 Å². The van der Waals surface area contributed by atoms with E-state index in [2.05, 4.69) is 20.3 Å². The quantitative estimate of drug-likeness (QED) is 0.905. The van der Waals surface area contributed by atoms with Crippen LogP contribution in [0.3, 0.4) is 0 Å². The van der Waals surface area contributed by atoms with Crippen LogP contribution in [-0.4, -0.2) is 32.2 Å². The van der Waals surface area contributed by atoms with Crippen molar-refractivity contribution in [1.29, 1.82) is 0 Å². The van der Waals surface area contributed by atoms with E-state index in [9.17, 15) is 18.3 Å². The highest BCUT2D eigenvalue weighted by Gasteiger charge is 2.36. The van der Waals surface area contributed by atoms with Gasteiger partial charge in [-0.25, -0.2) is 9.97 Å². The van der Waals surface area contributed by atoms with Crippen molar-refractivity contribution < 1.29 is 18.3 Å². The number of nitrogens with one attached hydrogen (secondary N) is 1. The molecule has 0 radical (unpaired) electrons. The maximum Gasteiger partial charge on any atom is 0.433 e. The summed E-state index contributed by atoms with van der Waals surface area (Å²) in [6.07, 6.45) is -0.955. The molecule has 2 heterocycles. The Bertz CT molecular complexity index is 687. The third-order valence-electron chi connectivity index (χ3n) is 3.79. The highest BCUT2D eigenvalue weighted by atomic mass is 19.4. The molecule has 1 fully saturated rings. The summed E-state index contributed by atoms with van der Waals surface area (Å²) in [5.41, 5.74) is -1.66. The zero-order valence-corrected chi connectivity index (χ0v) is 12.1. The molecule has 0 aliphatic heterocycles. The van der Waals surface area contributed by atoms with Crippen molar-refractivity contribution >= 4 is 5.82 Å². The lowest BCUT2D eigenvalue weighted by molar-refractivity contribution is -0.141. The first kappa shape index (κ1) is 15.7. The molecule has 0 unspecified atom stereocenters. The number of alkyl halides is 3. The second-order valence-corrected chi connectivity index (χ2v) is 5.61. The van der Waals surface area contributed by atoms with Gasteiger partial charge in [0.1, 0.15) is 11.5 Å². The van der Waals surface area contributed by atoms with Gasteiger partial charge in [0.25, 0.3) is 0 Å². The van der Waals surface area contributed by atoms with Crippen LogP contribution in [0.5, 0.6) is 0 Å². The summed E-state index contributed by atoms with van der Waals surface area (Å²) in [4.78, 5) is 11.6. The molecule has 0 spiro atoms. The Labute approximate surface area is 130 Å². The Morgan fingerprint density at radius 1 is 1.22 bits per heavy atom. The standard InChI is InChI=1S/C15H15F3N4O/c16-15(17,18)11-8-12(20-9-14(23)5-3-6-14)22-13(21-11)10-4-1-2-7-19-10/h1-2,4,7-8,23H,3,5-6,9H2,(H,20,21,22). The van der Waals surface area contributed by atoms with Crippen LogP contribution >= 0.6 is 0 Å². The van der Waals surface area contributed by atoms with E-state index in [-0.39, 0.29) is 23.9 Å². The first-order valence-electron chi connectivity index (χ1n) is 7.20. The molecule has 2 aromatic rings. The van der Waals surface area contributed by atoms with Crippen molar-refractivity contribution in [2.24, 2.45) is 0 Å². The monoisotopic (exact) mass is 324 g/mol. The summed E-state index contributed by atoms with van der Waals surface area (Å²) in [7, 11) is 0. The molecule has 0 bridgehead atoms. The molecule has 2 N–H and O–H groups in total. The first-order valence-corrected chi connectivity index (χ1v) is 7.20. The predicted octanol–water partition coefficient (Wildman–Crippen LogP) is 2.88. The highest BCUT2D eigenvalue weighted by molar-refractivity contribution is 5.53. The number of nitrogens with zero attached hydrogens (tertiary/aromatic N) is 3. The minimum atomic E-state index is -4.59. The van der Waals surface area contributed by atoms with Gasteiger partial charge in [0.05, 0.1) is 5.60 Å². The van der Waals surface area contributed by atoms with Gasteiger partial charge >= 0.3 is 6.18 Å². The lowest BCUT2D eigenvalue weighted by Crippen LogP contribution is -2.43. The SMILES string of the molecule is OC1(CNc2cc(C(F)(F)F)nc(-c3ccccn3)n2)CCC1. The number of hydrogen-bond acceptors (Lipinski definition) is 5. The summed E-state index contributed by atoms with van der Waals surface area (Å²) >= 11 is 0. The van der Waals surface area contributed by atoms with E-state index >= 15 is 0 Å². The largest absolute Gasteiger partial charge is 0.433 e. The average Bonchev–Trinajstić information content (AvgIpc) is 2.51. The van der Waals surface area contributed by atoms with Crippen LogP contribution in [0.2, 0.25) is 0 Å². The van der Waals surface area contributed by atoms with E-state index in [0.717, 1.165) is 12.5 Å². The van der Waals surface area contributed by atoms with Gasteiger partial charge in [-0.15, -0.1) is 0 Å². The number of hydrogen-bond donors (Lipinski definition) is 2. The molecule has 0 amide bonds. The maximum atomic E-state index is 13.0. The molecule has 3 rings (SSSR count). The number of aromatic nitrogens is 3. The van der Waals surface area contributed by atoms with Crippen LogP contribution in [0.25, 0.3) is 11.5 Å². The smallest absolute Gasteiger partial charge is 0.388 e. The molecule has 122 valence electrons. The van der Waals surface area contributed by atoms with Gasteiger partial charge in [-0.3, -0.25) is 4.98 Å². The molecule has 5 nitrogen and oxygen atoms in total. The molecular formula is C15H15F3N4O. The van der Waals surface area contributed by atoms with Gasteiger partial charge in [-0.2, -0.15) is 13.2 Å². The van der Waals surface area contributed by atoms with Crippen LogP contribution < -0.4 is 5.32 Å². The highest BCUT2D eigenvalue weighted by Crippen LogP contribution is 2.33. The van der Waals surface area contributed by atoms with E-state index < -0.39 is 17.5 Å². The summed E-state index contributed by atoms with van der Waals surface area (Å²) in [5.74, 6) is -0.0863. The van der Waals surface area contributed by atoms with Crippen LogP contribution in [0.4, 0.5) is 19.0 Å². The molecule has 1 aliphatic rings. The van der Waals surface area contributed by atoms with E-state index in [0.29, 0.717) is 12.8 Å². The zero-order chi connectivity index (χ0) is 16.5. The van der Waals surface area contributed by atoms with Crippen molar-refractivity contribution in [1.82, 2.24) is 15.0 Å². The van der Waals surface area contributed by atoms with Crippen molar-refractivity contribution in [3.05, 3.63) is 36.2 Å². The lowest BCUT2D eigenvalue weighted by Gasteiger charge is -2.36. The van der Waals surface area contributed by atoms with Gasteiger partial charge in [0.15, 0.2) is 11.5 Å². The van der Waals surface area contributed by atoms with Gasteiger partial charge in [0.2, 0.25) is 0 Å². The summed E-state index contributed by atoms with van der Waals surface area (Å²) in [5, 5.41) is 12.8. The van der Waals surface area contributed by atoms with Crippen molar-refractivity contribution in [3.8, 4) is 11.5 Å². The third-order valence-corrected chi connectivity index (χ3v) is 3.79. The van der Waals surface area contributed by atoms with Crippen LogP contribution in [0, 0.1) is 0 Å². The Balaban J connectivity index is 1.91. The third kappa shape index (κ3) is 3.58. The van der Waals surface area contributed by atoms with Crippen LogP contribution in [0.1, 0.15) is 25.0 Å². The van der Waals surface area contributed by atoms with Crippen molar-refractivity contribution in [3.63, 3.8) is 0 Å². The van der Waals surface area contributed by atoms with E-state index in [1.165, 1.54) is 6.20 Å². The summed E-state index contributed by atoms with van der Waals surface area (Å²) in [6.45, 7) is 0.156. The number of halogens is 3. The Morgan fingerprint density at radius 2 is 2.00 bits per heavy atom. The summed E-state index contributed by atoms with van der Waals surface area (Å²) in [6, 6.07) is 5.69. The van der Waals surface area contributed by atoms with Gasteiger partial charge in [-0.1, -0.05) is 6.07 Å². The average molecular weight is 324 g/mol. The van der Waals surface area contributed by atoms with Gasteiger partial charge < -0.3 is 10.4 Å². The summed E-state index contributed by atoms with van der Waals surface area (Å²) < 4.78 is 39.1. The fraction of sp³-hybridized carbons (Fsp3) is 0.400. The second kappa shape index (κ2) is 5.77. The van der Waals surface area contributed by atoms with Gasteiger partial charge in [-0.05, 0) is 31.4 Å². The van der Waals surface area contributed by atoms with Crippen molar-refractivity contribution in [2.75, 3.05) is 11.9 Å². The minimum absolute atomic E-state index is 0.0216. The van der Waals surface area contributed by atoms with Crippen LogP contribution in [-0.2, 0) is 6.18 Å². The molecular weight excluding hydrogens is 309 g/mol. The van der Waals surface area contributed by atoms with E-state index in [1.54, 1.807) is 18.2 Å². The molecule has 8 heteroatoms. The molecule has 2 aromatic heterocycles. The maximum absolute atomic E-state index is 13.0. The molecule has 23 heavy (non-hydrogen) atoms. The van der Waals surface area contributed by atoms with Gasteiger partial charge in [0, 0.05) is 18.8 Å². The number of aliphatic hydroxyl groups is 1. The van der Waals surface area contributed by atoms with Crippen molar-refractivity contribution in [2.45, 2.75) is 31.0 Å². The normalized spacial score (nSPS) is 16.7. The molecule has 1 saturated carbocycles. The topological polar surface area (TPSA) is 70.9 Å². The lowest BCUT2D eigenvalue weighted by atomic mass is 9.80. The molecule has 0 atom stereocenters. The fourth-order valence-electron chi connectivity index (χ4n) is 2.31. The Hall–Kier alpha value is -2.22. The Morgan fingerprint density at radius 3 is 2.57 bits per heavy atom. The number of pyridine rings is 1. The minimum Gasteiger partial charge on any atom is -0.388 e. The fourth-order valence-corrected chi connectivity index (χ4v) is 2.31. The second-order valence-electron chi connectivity index (χ2n) is 5.61. The molecule has 1 aliphatic carbocycles. The predicted molar refractivity (Wildman–Crippen MR) is 77.6 cm³/mol. The number of rotatable bonds is 4. The molecule has 0 aromatic carbocycles. The van der Waals surface area contributed by atoms with E-state index in [1.807, 2.05) is 0 Å². The van der Waals surface area contributed by atoms with E-state index in [4.69, 9.17) is 0 Å². The zero-order valence-electron chi connectivity index (χ0n) is 12.1. The molecule has 0 saturated heterocycles. The Kier molecular flexibility index (Phi) is 3.93. The first-order chi connectivity index (χ1) is 10.9. The number of anilines is 1.